The van der Waals surface area contributed by atoms with Gasteiger partial charge in [0.15, 0.2) is 4.77 Å². The summed E-state index contributed by atoms with van der Waals surface area (Å²) >= 11 is 5.19. The molecule has 4 heteroatoms. The van der Waals surface area contributed by atoms with E-state index >= 15 is 0 Å². The number of aromatic nitrogens is 2. The zero-order valence-corrected chi connectivity index (χ0v) is 10.3. The number of aromatic amines is 1. The zero-order chi connectivity index (χ0) is 12.5. The van der Waals surface area contributed by atoms with E-state index in [-0.39, 0.29) is 5.56 Å². The molecule has 0 unspecified atom stereocenters. The molecule has 0 atom stereocenters. The van der Waals surface area contributed by atoms with Crippen LogP contribution < -0.4 is 5.56 Å². The third-order valence-electron chi connectivity index (χ3n) is 2.86. The molecule has 0 amide bonds. The van der Waals surface area contributed by atoms with Crippen molar-refractivity contribution in [1.82, 2.24) is 9.55 Å². The van der Waals surface area contributed by atoms with Crippen LogP contribution in [0, 0.1) is 4.77 Å². The minimum absolute atomic E-state index is 0.130. The molecule has 3 rings (SSSR count). The molecule has 0 saturated carbocycles. The Kier molecular flexibility index (Phi) is 2.57. The first-order chi connectivity index (χ1) is 8.77. The lowest BCUT2D eigenvalue weighted by Gasteiger charge is -2.08. The maximum absolute atomic E-state index is 12.0. The summed E-state index contributed by atoms with van der Waals surface area (Å²) in [6, 6.07) is 15.2. The van der Waals surface area contributed by atoms with Gasteiger partial charge in [-0.3, -0.25) is 9.36 Å². The van der Waals surface area contributed by atoms with E-state index in [9.17, 15) is 4.79 Å². The van der Waals surface area contributed by atoms with Gasteiger partial charge in [0.1, 0.15) is 0 Å². The van der Waals surface area contributed by atoms with E-state index in [1.54, 1.807) is 6.20 Å². The standard InChI is InChI=1S/C14H10N2OS/c17-13-8-9-15-14(18)16(13)12-7-3-5-10-4-1-2-6-11(10)12/h1-9H,(H,15,18). The molecule has 3 aromatic rings. The van der Waals surface area contributed by atoms with Gasteiger partial charge in [-0.15, -0.1) is 0 Å². The number of hydrogen-bond donors (Lipinski definition) is 1. The van der Waals surface area contributed by atoms with Gasteiger partial charge >= 0.3 is 0 Å². The second-order valence-corrected chi connectivity index (χ2v) is 4.34. The molecule has 18 heavy (non-hydrogen) atoms. The van der Waals surface area contributed by atoms with Gasteiger partial charge in [-0.1, -0.05) is 36.4 Å². The van der Waals surface area contributed by atoms with Crippen molar-refractivity contribution in [2.24, 2.45) is 0 Å². The summed E-state index contributed by atoms with van der Waals surface area (Å²) in [5, 5.41) is 2.09. The number of H-pyrrole nitrogens is 1. The van der Waals surface area contributed by atoms with Gasteiger partial charge in [0.25, 0.3) is 5.56 Å². The summed E-state index contributed by atoms with van der Waals surface area (Å²) in [4.78, 5) is 14.8. The minimum Gasteiger partial charge on any atom is -0.338 e. The topological polar surface area (TPSA) is 37.8 Å². The summed E-state index contributed by atoms with van der Waals surface area (Å²) in [5.41, 5.74) is 0.676. The fraction of sp³-hybridized carbons (Fsp3) is 0. The van der Waals surface area contributed by atoms with Crippen molar-refractivity contribution in [2.75, 3.05) is 0 Å². The average molecular weight is 254 g/mol. The predicted molar refractivity (Wildman–Crippen MR) is 74.7 cm³/mol. The Bertz CT molecular complexity index is 799. The fourth-order valence-corrected chi connectivity index (χ4v) is 2.31. The van der Waals surface area contributed by atoms with Crippen LogP contribution >= 0.6 is 12.2 Å². The van der Waals surface area contributed by atoms with Crippen molar-refractivity contribution in [1.29, 1.82) is 0 Å². The average Bonchev–Trinajstić information content (AvgIpc) is 2.39. The first-order valence-electron chi connectivity index (χ1n) is 5.56. The van der Waals surface area contributed by atoms with E-state index in [2.05, 4.69) is 4.98 Å². The molecule has 2 aromatic carbocycles. The van der Waals surface area contributed by atoms with E-state index in [1.165, 1.54) is 10.6 Å². The number of nitrogens with zero attached hydrogens (tertiary/aromatic N) is 1. The molecule has 1 aromatic heterocycles. The fourth-order valence-electron chi connectivity index (χ4n) is 2.05. The largest absolute Gasteiger partial charge is 0.338 e. The summed E-state index contributed by atoms with van der Waals surface area (Å²) in [6.45, 7) is 0. The Labute approximate surface area is 108 Å². The lowest BCUT2D eigenvalue weighted by molar-refractivity contribution is 0.920. The van der Waals surface area contributed by atoms with Gasteiger partial charge in [0.05, 0.1) is 5.69 Å². The first kappa shape index (κ1) is 10.9. The van der Waals surface area contributed by atoms with Crippen molar-refractivity contribution in [3.05, 3.63) is 69.9 Å². The van der Waals surface area contributed by atoms with Crippen molar-refractivity contribution < 1.29 is 0 Å². The predicted octanol–water partition coefficient (Wildman–Crippen LogP) is 3.05. The smallest absolute Gasteiger partial charge is 0.258 e. The molecule has 0 aliphatic carbocycles. The van der Waals surface area contributed by atoms with Crippen LogP contribution in [-0.4, -0.2) is 9.55 Å². The van der Waals surface area contributed by atoms with E-state index in [0.717, 1.165) is 16.5 Å². The zero-order valence-electron chi connectivity index (χ0n) is 9.46. The highest BCUT2D eigenvalue weighted by molar-refractivity contribution is 7.71. The molecule has 0 aliphatic rings. The molecular weight excluding hydrogens is 244 g/mol. The van der Waals surface area contributed by atoms with Crippen LogP contribution in [0.25, 0.3) is 16.5 Å². The lowest BCUT2D eigenvalue weighted by Crippen LogP contribution is -2.18. The maximum atomic E-state index is 12.0. The van der Waals surface area contributed by atoms with Crippen LogP contribution in [-0.2, 0) is 0 Å². The highest BCUT2D eigenvalue weighted by atomic mass is 32.1. The Balaban J connectivity index is 2.47. The summed E-state index contributed by atoms with van der Waals surface area (Å²) in [6.07, 6.45) is 1.56. The van der Waals surface area contributed by atoms with Gasteiger partial charge in [0.2, 0.25) is 0 Å². The van der Waals surface area contributed by atoms with E-state index < -0.39 is 0 Å². The van der Waals surface area contributed by atoms with Crippen LogP contribution in [0.5, 0.6) is 0 Å². The lowest BCUT2D eigenvalue weighted by atomic mass is 10.1. The van der Waals surface area contributed by atoms with Gasteiger partial charge in [0, 0.05) is 17.6 Å². The molecule has 0 saturated heterocycles. The molecule has 0 bridgehead atoms. The van der Waals surface area contributed by atoms with Crippen molar-refractivity contribution >= 4 is 23.0 Å². The van der Waals surface area contributed by atoms with E-state index in [1.807, 2.05) is 42.5 Å². The molecule has 0 spiro atoms. The van der Waals surface area contributed by atoms with Crippen LogP contribution in [0.3, 0.4) is 0 Å². The second-order valence-electron chi connectivity index (χ2n) is 3.95. The van der Waals surface area contributed by atoms with Gasteiger partial charge in [-0.2, -0.15) is 0 Å². The maximum Gasteiger partial charge on any atom is 0.258 e. The molecule has 1 heterocycles. The van der Waals surface area contributed by atoms with Crippen LogP contribution in [0.4, 0.5) is 0 Å². The quantitative estimate of drug-likeness (QED) is 0.678. The number of benzene rings is 2. The Morgan fingerprint density at radius 2 is 1.78 bits per heavy atom. The van der Waals surface area contributed by atoms with Crippen molar-refractivity contribution in [3.63, 3.8) is 0 Å². The molecular formula is C14H10N2OS. The van der Waals surface area contributed by atoms with Crippen LogP contribution in [0.15, 0.2) is 59.5 Å². The molecule has 3 nitrogen and oxygen atoms in total. The molecule has 1 N–H and O–H groups in total. The molecule has 0 fully saturated rings. The van der Waals surface area contributed by atoms with Gasteiger partial charge < -0.3 is 4.98 Å². The summed E-state index contributed by atoms with van der Waals surface area (Å²) in [7, 11) is 0. The van der Waals surface area contributed by atoms with Crippen LogP contribution in [0.2, 0.25) is 0 Å². The number of rotatable bonds is 1. The minimum atomic E-state index is -0.130. The SMILES string of the molecule is O=c1cc[nH]c(=S)n1-c1cccc2ccccc12. The van der Waals surface area contributed by atoms with Gasteiger partial charge in [-0.05, 0) is 23.7 Å². The van der Waals surface area contributed by atoms with Crippen molar-refractivity contribution in [2.45, 2.75) is 0 Å². The molecule has 88 valence electrons. The third-order valence-corrected chi connectivity index (χ3v) is 3.16. The third kappa shape index (κ3) is 1.67. The van der Waals surface area contributed by atoms with Gasteiger partial charge in [-0.25, -0.2) is 0 Å². The highest BCUT2D eigenvalue weighted by Crippen LogP contribution is 2.20. The molecule has 0 aliphatic heterocycles. The Morgan fingerprint density at radius 3 is 2.61 bits per heavy atom. The number of hydrogen-bond acceptors (Lipinski definition) is 2. The summed E-state index contributed by atoms with van der Waals surface area (Å²) in [5.74, 6) is 0. The Morgan fingerprint density at radius 1 is 1.00 bits per heavy atom. The second kappa shape index (κ2) is 4.23. The summed E-state index contributed by atoms with van der Waals surface area (Å²) < 4.78 is 1.91. The highest BCUT2D eigenvalue weighted by Gasteiger charge is 2.05. The van der Waals surface area contributed by atoms with E-state index in [0.29, 0.717) is 4.77 Å². The number of fused-ring (bicyclic) bond motifs is 1. The van der Waals surface area contributed by atoms with E-state index in [4.69, 9.17) is 12.2 Å². The monoisotopic (exact) mass is 254 g/mol. The first-order valence-corrected chi connectivity index (χ1v) is 5.97. The molecule has 0 radical (unpaired) electrons. The number of nitrogens with one attached hydrogen (secondary N) is 1. The van der Waals surface area contributed by atoms with Crippen molar-refractivity contribution in [3.8, 4) is 5.69 Å². The normalized spacial score (nSPS) is 10.7. The van der Waals surface area contributed by atoms with Crippen LogP contribution in [0.1, 0.15) is 0 Å². The Hall–Kier alpha value is -2.20.